The standard InChI is InChI=1S/C30H49BrOS/c1-5-6-7-8-9-10-11-22-13-15-26-25-14-12-23-20-24(33-28(32)21(2)31)16-18-30(23,4)27(25)17-19-29(22,26)3/h12,21-22,24-27H,5-11,13-20H2,1-4H3/t21-,22-,24+,25-,26+,27-,29-,30+/m1/s1. The molecule has 0 bridgehead atoms. The van der Waals surface area contributed by atoms with Gasteiger partial charge in [-0.25, -0.2) is 0 Å². The molecule has 0 amide bonds. The number of thioether (sulfide) groups is 1. The molecule has 0 aromatic carbocycles. The first kappa shape index (κ1) is 26.3. The third kappa shape index (κ3) is 5.35. The zero-order valence-electron chi connectivity index (χ0n) is 21.8. The van der Waals surface area contributed by atoms with Crippen molar-refractivity contribution in [3.63, 3.8) is 0 Å². The van der Waals surface area contributed by atoms with Gasteiger partial charge >= 0.3 is 0 Å². The Kier molecular flexibility index (Phi) is 8.85. The monoisotopic (exact) mass is 536 g/mol. The molecule has 0 radical (unpaired) electrons. The summed E-state index contributed by atoms with van der Waals surface area (Å²) in [6.07, 6.45) is 23.7. The lowest BCUT2D eigenvalue weighted by atomic mass is 9.47. The molecule has 0 aliphatic heterocycles. The van der Waals surface area contributed by atoms with E-state index in [1.165, 1.54) is 89.9 Å². The summed E-state index contributed by atoms with van der Waals surface area (Å²) < 4.78 is 0. The molecule has 188 valence electrons. The van der Waals surface area contributed by atoms with Gasteiger partial charge in [0.1, 0.15) is 0 Å². The zero-order chi connectivity index (χ0) is 23.6. The Labute approximate surface area is 217 Å². The van der Waals surface area contributed by atoms with Crippen molar-refractivity contribution in [2.24, 2.45) is 34.5 Å². The number of alkyl halides is 1. The number of carbonyl (C=O) groups excluding carboxylic acids is 1. The number of unbranched alkanes of at least 4 members (excludes halogenated alkanes) is 5. The molecule has 0 saturated heterocycles. The van der Waals surface area contributed by atoms with Crippen LogP contribution in [-0.4, -0.2) is 15.2 Å². The first-order valence-corrected chi connectivity index (χ1v) is 16.1. The fourth-order valence-corrected chi connectivity index (χ4v) is 10.1. The highest BCUT2D eigenvalue weighted by Crippen LogP contribution is 2.67. The van der Waals surface area contributed by atoms with Gasteiger partial charge in [-0.15, -0.1) is 0 Å². The van der Waals surface area contributed by atoms with Gasteiger partial charge in [-0.3, -0.25) is 4.79 Å². The number of hydrogen-bond donors (Lipinski definition) is 0. The summed E-state index contributed by atoms with van der Waals surface area (Å²) in [5.74, 6) is 3.75. The number of fused-ring (bicyclic) bond motifs is 5. The number of rotatable bonds is 9. The van der Waals surface area contributed by atoms with E-state index >= 15 is 0 Å². The van der Waals surface area contributed by atoms with E-state index in [0.717, 1.165) is 30.1 Å². The third-order valence-corrected chi connectivity index (χ3v) is 12.8. The quantitative estimate of drug-likeness (QED) is 0.165. The Morgan fingerprint density at radius 1 is 1.06 bits per heavy atom. The smallest absolute Gasteiger partial charge is 0.202 e. The van der Waals surface area contributed by atoms with Crippen LogP contribution in [0, 0.1) is 34.5 Å². The van der Waals surface area contributed by atoms with E-state index in [2.05, 4.69) is 42.8 Å². The largest absolute Gasteiger partial charge is 0.286 e. The lowest BCUT2D eigenvalue weighted by molar-refractivity contribution is -0.110. The van der Waals surface area contributed by atoms with E-state index in [1.807, 2.05) is 6.92 Å². The van der Waals surface area contributed by atoms with Crippen LogP contribution in [0.1, 0.15) is 124 Å². The molecule has 3 heteroatoms. The average molecular weight is 538 g/mol. The van der Waals surface area contributed by atoms with Crippen molar-refractivity contribution in [2.75, 3.05) is 0 Å². The van der Waals surface area contributed by atoms with E-state index in [4.69, 9.17) is 0 Å². The lowest BCUT2D eigenvalue weighted by Crippen LogP contribution is -2.50. The second-order valence-electron chi connectivity index (χ2n) is 12.6. The topological polar surface area (TPSA) is 17.1 Å². The molecular weight excluding hydrogens is 488 g/mol. The molecule has 33 heavy (non-hydrogen) atoms. The normalized spacial score (nSPS) is 41.0. The Balaban J connectivity index is 1.38. The highest BCUT2D eigenvalue weighted by atomic mass is 79.9. The van der Waals surface area contributed by atoms with Crippen molar-refractivity contribution in [3.8, 4) is 0 Å². The maximum atomic E-state index is 12.3. The van der Waals surface area contributed by atoms with Crippen LogP contribution in [0.4, 0.5) is 0 Å². The van der Waals surface area contributed by atoms with Crippen molar-refractivity contribution in [2.45, 2.75) is 134 Å². The summed E-state index contributed by atoms with van der Waals surface area (Å²) in [5, 5.41) is 0.809. The van der Waals surface area contributed by atoms with E-state index in [-0.39, 0.29) is 4.83 Å². The fraction of sp³-hybridized carbons (Fsp3) is 0.900. The number of halogens is 1. The predicted octanol–water partition coefficient (Wildman–Crippen LogP) is 9.73. The van der Waals surface area contributed by atoms with E-state index in [0.29, 0.717) is 21.2 Å². The molecule has 0 aromatic rings. The van der Waals surface area contributed by atoms with Crippen LogP contribution in [0.2, 0.25) is 0 Å². The first-order valence-electron chi connectivity index (χ1n) is 14.3. The van der Waals surface area contributed by atoms with Crippen LogP contribution >= 0.6 is 27.7 Å². The minimum Gasteiger partial charge on any atom is -0.286 e. The summed E-state index contributed by atoms with van der Waals surface area (Å²) in [4.78, 5) is 12.3. The van der Waals surface area contributed by atoms with Crippen molar-refractivity contribution in [3.05, 3.63) is 11.6 Å². The van der Waals surface area contributed by atoms with E-state index < -0.39 is 0 Å². The summed E-state index contributed by atoms with van der Waals surface area (Å²) in [6.45, 7) is 9.59. The lowest BCUT2D eigenvalue weighted by Gasteiger charge is -2.58. The third-order valence-electron chi connectivity index (χ3n) is 10.8. The maximum Gasteiger partial charge on any atom is 0.202 e. The van der Waals surface area contributed by atoms with E-state index in [1.54, 1.807) is 17.3 Å². The molecule has 0 spiro atoms. The predicted molar refractivity (Wildman–Crippen MR) is 148 cm³/mol. The molecule has 0 aromatic heterocycles. The summed E-state index contributed by atoms with van der Waals surface area (Å²) in [5.41, 5.74) is 2.73. The minimum atomic E-state index is -0.0248. The first-order chi connectivity index (χ1) is 15.8. The van der Waals surface area contributed by atoms with Crippen LogP contribution < -0.4 is 0 Å². The Morgan fingerprint density at radius 2 is 1.82 bits per heavy atom. The molecule has 3 fully saturated rings. The highest BCUT2D eigenvalue weighted by Gasteiger charge is 2.58. The fourth-order valence-electron chi connectivity index (χ4n) is 8.74. The van der Waals surface area contributed by atoms with Gasteiger partial charge in [0.25, 0.3) is 0 Å². The maximum absolute atomic E-state index is 12.3. The van der Waals surface area contributed by atoms with Crippen LogP contribution in [-0.2, 0) is 4.79 Å². The molecule has 0 unspecified atom stereocenters. The summed E-state index contributed by atoms with van der Waals surface area (Å²) in [6, 6.07) is 0. The molecule has 3 saturated carbocycles. The van der Waals surface area contributed by atoms with Gasteiger partial charge in [0.05, 0.1) is 4.83 Å². The minimum absolute atomic E-state index is 0.0248. The van der Waals surface area contributed by atoms with Gasteiger partial charge in [0.15, 0.2) is 0 Å². The summed E-state index contributed by atoms with van der Waals surface area (Å²) >= 11 is 5.09. The average Bonchev–Trinajstić information content (AvgIpc) is 3.12. The number of hydrogen-bond acceptors (Lipinski definition) is 2. The van der Waals surface area contributed by atoms with Crippen molar-refractivity contribution in [1.29, 1.82) is 0 Å². The second-order valence-corrected chi connectivity index (χ2v) is 15.2. The van der Waals surface area contributed by atoms with Gasteiger partial charge in [-0.2, -0.15) is 0 Å². The van der Waals surface area contributed by atoms with Gasteiger partial charge < -0.3 is 0 Å². The molecule has 8 atom stereocenters. The molecule has 0 N–H and O–H groups in total. The Morgan fingerprint density at radius 3 is 2.58 bits per heavy atom. The zero-order valence-corrected chi connectivity index (χ0v) is 24.2. The highest BCUT2D eigenvalue weighted by molar-refractivity contribution is 9.10. The molecule has 4 aliphatic carbocycles. The second kappa shape index (κ2) is 11.1. The van der Waals surface area contributed by atoms with Crippen molar-refractivity contribution >= 4 is 32.8 Å². The molecule has 0 heterocycles. The molecule has 4 rings (SSSR count). The summed E-state index contributed by atoms with van der Waals surface area (Å²) in [7, 11) is 0. The van der Waals surface area contributed by atoms with Crippen LogP contribution in [0.3, 0.4) is 0 Å². The van der Waals surface area contributed by atoms with E-state index in [9.17, 15) is 4.79 Å². The van der Waals surface area contributed by atoms with Gasteiger partial charge in [0, 0.05) is 5.25 Å². The SMILES string of the molecule is CCCCCCCC[C@@H]1CC[C@H]2[C@H]3CC=C4C[C@@H](SC(=O)[C@@H](C)Br)CC[C@]4(C)[C@@H]3CC[C@]12C. The van der Waals surface area contributed by atoms with Gasteiger partial charge in [-0.1, -0.05) is 98.6 Å². The molecular formula is C30H49BrOS. The number of allylic oxidation sites excluding steroid dienone is 2. The van der Waals surface area contributed by atoms with Gasteiger partial charge in [0.2, 0.25) is 5.12 Å². The number of carbonyl (C=O) groups is 1. The van der Waals surface area contributed by atoms with Crippen LogP contribution in [0.5, 0.6) is 0 Å². The van der Waals surface area contributed by atoms with Crippen molar-refractivity contribution in [1.82, 2.24) is 0 Å². The Bertz CT molecular complexity index is 716. The Hall–Kier alpha value is 0.240. The molecule has 1 nitrogen and oxygen atoms in total. The van der Waals surface area contributed by atoms with Crippen molar-refractivity contribution < 1.29 is 4.79 Å². The molecule has 4 aliphatic rings. The van der Waals surface area contributed by atoms with Crippen LogP contribution in [0.25, 0.3) is 0 Å². The van der Waals surface area contributed by atoms with Crippen LogP contribution in [0.15, 0.2) is 11.6 Å². The van der Waals surface area contributed by atoms with Gasteiger partial charge in [-0.05, 0) is 99.2 Å².